The van der Waals surface area contributed by atoms with Gasteiger partial charge in [0.05, 0.1) is 14.2 Å². The molecule has 0 aliphatic carbocycles. The number of oxime groups is 1. The molecule has 11 heteroatoms. The topological polar surface area (TPSA) is 136 Å². The maximum absolute atomic E-state index is 11.1. The molecular formula is C10H11N3O7S. The summed E-state index contributed by atoms with van der Waals surface area (Å²) < 4.78 is 8.67. The highest BCUT2D eigenvalue weighted by Gasteiger charge is 2.18. The van der Waals surface area contributed by atoms with Crippen LogP contribution in [-0.2, 0) is 23.9 Å². The Morgan fingerprint density at radius 2 is 2.10 bits per heavy atom. The third kappa shape index (κ3) is 5.06. The summed E-state index contributed by atoms with van der Waals surface area (Å²) in [6.45, 7) is -0.537. The van der Waals surface area contributed by atoms with Gasteiger partial charge in [-0.3, -0.25) is 5.32 Å². The monoisotopic (exact) mass is 317 g/mol. The van der Waals surface area contributed by atoms with Crippen LogP contribution >= 0.6 is 11.3 Å². The molecule has 1 aromatic heterocycles. The fourth-order valence-electron chi connectivity index (χ4n) is 0.982. The zero-order valence-corrected chi connectivity index (χ0v) is 11.8. The van der Waals surface area contributed by atoms with E-state index in [1.807, 2.05) is 0 Å². The van der Waals surface area contributed by atoms with E-state index in [1.54, 1.807) is 0 Å². The Bertz CT molecular complexity index is 569. The third-order valence-electron chi connectivity index (χ3n) is 1.91. The van der Waals surface area contributed by atoms with Gasteiger partial charge in [-0.2, -0.15) is 0 Å². The Morgan fingerprint density at radius 1 is 1.38 bits per heavy atom. The van der Waals surface area contributed by atoms with Gasteiger partial charge in [-0.25, -0.2) is 19.4 Å². The molecule has 0 bridgehead atoms. The number of hydrogen-bond acceptors (Lipinski definition) is 9. The van der Waals surface area contributed by atoms with Gasteiger partial charge in [-0.15, -0.1) is 11.3 Å². The Balaban J connectivity index is 2.81. The summed E-state index contributed by atoms with van der Waals surface area (Å²) in [5, 5.41) is 16.1. The standard InChI is InChI=1S/C10H11N3O7S/c1-18-6(14)3-20-13-7(8(15)16)5-4-21-9(11-5)12-10(17)19-2/h4H,3H2,1-2H3,(H,15,16)(H,11,12,17). The molecule has 2 N–H and O–H groups in total. The minimum atomic E-state index is -1.41. The largest absolute Gasteiger partial charge is 0.476 e. The molecule has 10 nitrogen and oxygen atoms in total. The Labute approximate surface area is 122 Å². The van der Waals surface area contributed by atoms with Crippen molar-refractivity contribution < 1.29 is 33.8 Å². The molecule has 0 saturated heterocycles. The van der Waals surface area contributed by atoms with E-state index in [0.29, 0.717) is 0 Å². The van der Waals surface area contributed by atoms with Gasteiger partial charge in [0.15, 0.2) is 5.13 Å². The lowest BCUT2D eigenvalue weighted by Gasteiger charge is -2.00. The van der Waals surface area contributed by atoms with E-state index >= 15 is 0 Å². The number of amides is 1. The molecule has 0 aliphatic rings. The molecule has 0 spiro atoms. The van der Waals surface area contributed by atoms with Crippen molar-refractivity contribution in [3.05, 3.63) is 11.1 Å². The van der Waals surface area contributed by atoms with Gasteiger partial charge < -0.3 is 19.4 Å². The highest BCUT2D eigenvalue weighted by Crippen LogP contribution is 2.16. The fraction of sp³-hybridized carbons (Fsp3) is 0.300. The van der Waals surface area contributed by atoms with Gasteiger partial charge in [0.2, 0.25) is 12.3 Å². The average molecular weight is 317 g/mol. The summed E-state index contributed by atoms with van der Waals surface area (Å²) in [5.74, 6) is -2.12. The Kier molecular flexibility index (Phi) is 6.07. The molecule has 0 atom stereocenters. The maximum atomic E-state index is 11.1. The lowest BCUT2D eigenvalue weighted by atomic mass is 10.3. The zero-order chi connectivity index (χ0) is 15.8. The molecule has 0 radical (unpaired) electrons. The number of thiazole rings is 1. The first-order valence-electron chi connectivity index (χ1n) is 5.28. The van der Waals surface area contributed by atoms with E-state index in [0.717, 1.165) is 18.4 Å². The first-order chi connectivity index (χ1) is 9.97. The zero-order valence-electron chi connectivity index (χ0n) is 11.0. The number of ether oxygens (including phenoxy) is 2. The number of hydrogen-bond donors (Lipinski definition) is 2. The van der Waals surface area contributed by atoms with Crippen LogP contribution in [0.4, 0.5) is 9.93 Å². The number of carboxylic acids is 1. The second-order valence-corrected chi connectivity index (χ2v) is 4.11. The van der Waals surface area contributed by atoms with Crippen LogP contribution in [0, 0.1) is 0 Å². The average Bonchev–Trinajstić information content (AvgIpc) is 2.90. The van der Waals surface area contributed by atoms with Gasteiger partial charge in [-0.1, -0.05) is 5.16 Å². The molecule has 1 amide bonds. The predicted octanol–water partition coefficient (Wildman–Crippen LogP) is 0.300. The molecule has 0 fully saturated rings. The molecule has 21 heavy (non-hydrogen) atoms. The van der Waals surface area contributed by atoms with Crippen LogP contribution in [0.15, 0.2) is 10.5 Å². The molecular weight excluding hydrogens is 306 g/mol. The van der Waals surface area contributed by atoms with Crippen molar-refractivity contribution >= 4 is 40.2 Å². The van der Waals surface area contributed by atoms with Crippen molar-refractivity contribution in [2.24, 2.45) is 5.16 Å². The predicted molar refractivity (Wildman–Crippen MR) is 70.3 cm³/mol. The molecule has 114 valence electrons. The summed E-state index contributed by atoms with van der Waals surface area (Å²) in [7, 11) is 2.33. The van der Waals surface area contributed by atoms with E-state index in [4.69, 9.17) is 5.11 Å². The van der Waals surface area contributed by atoms with Crippen molar-refractivity contribution in [2.45, 2.75) is 0 Å². The summed E-state index contributed by atoms with van der Waals surface area (Å²) >= 11 is 0.969. The van der Waals surface area contributed by atoms with E-state index in [9.17, 15) is 14.4 Å². The Hall–Kier alpha value is -2.69. The van der Waals surface area contributed by atoms with Crippen LogP contribution < -0.4 is 5.32 Å². The SMILES string of the molecule is COC(=O)CON=C(C(=O)O)c1csc(NC(=O)OC)n1. The van der Waals surface area contributed by atoms with Crippen LogP contribution in [-0.4, -0.2) is 54.7 Å². The van der Waals surface area contributed by atoms with Crippen molar-refractivity contribution in [3.8, 4) is 0 Å². The van der Waals surface area contributed by atoms with Crippen molar-refractivity contribution in [2.75, 3.05) is 26.1 Å². The summed E-state index contributed by atoms with van der Waals surface area (Å²) in [6.07, 6.45) is -0.744. The smallest absolute Gasteiger partial charge is 0.413 e. The van der Waals surface area contributed by atoms with E-state index in [-0.39, 0.29) is 10.8 Å². The maximum Gasteiger partial charge on any atom is 0.413 e. The van der Waals surface area contributed by atoms with Gasteiger partial charge in [-0.05, 0) is 0 Å². The van der Waals surface area contributed by atoms with Gasteiger partial charge >= 0.3 is 18.0 Å². The van der Waals surface area contributed by atoms with Crippen LogP contribution in [0.2, 0.25) is 0 Å². The second kappa shape index (κ2) is 7.79. The van der Waals surface area contributed by atoms with Crippen molar-refractivity contribution in [1.82, 2.24) is 4.98 Å². The highest BCUT2D eigenvalue weighted by molar-refractivity contribution is 7.14. The quantitative estimate of drug-likeness (QED) is 0.434. The van der Waals surface area contributed by atoms with Crippen molar-refractivity contribution in [3.63, 3.8) is 0 Å². The molecule has 0 aromatic carbocycles. The molecule has 0 unspecified atom stereocenters. The number of methoxy groups -OCH3 is 2. The van der Waals surface area contributed by atoms with Gasteiger partial charge in [0.1, 0.15) is 5.69 Å². The summed E-state index contributed by atoms with van der Waals surface area (Å²) in [6, 6.07) is 0. The molecule has 1 heterocycles. The number of carbonyl (C=O) groups is 3. The normalized spacial score (nSPS) is 10.7. The molecule has 0 saturated carbocycles. The molecule has 1 rings (SSSR count). The van der Waals surface area contributed by atoms with Crippen LogP contribution in [0.1, 0.15) is 5.69 Å². The second-order valence-electron chi connectivity index (χ2n) is 3.25. The fourth-order valence-corrected chi connectivity index (χ4v) is 1.66. The number of aromatic nitrogens is 1. The lowest BCUT2D eigenvalue weighted by Crippen LogP contribution is -2.17. The number of nitrogens with zero attached hydrogens (tertiary/aromatic N) is 2. The minimum absolute atomic E-state index is 0.0382. The number of carbonyl (C=O) groups excluding carboxylic acids is 2. The van der Waals surface area contributed by atoms with E-state index in [2.05, 4.69) is 29.8 Å². The van der Waals surface area contributed by atoms with Gasteiger partial charge in [0.25, 0.3) is 0 Å². The summed E-state index contributed by atoms with van der Waals surface area (Å²) in [4.78, 5) is 41.3. The number of nitrogens with one attached hydrogen (secondary N) is 1. The number of rotatable bonds is 6. The minimum Gasteiger partial charge on any atom is -0.476 e. The van der Waals surface area contributed by atoms with E-state index < -0.39 is 30.4 Å². The molecule has 0 aliphatic heterocycles. The third-order valence-corrected chi connectivity index (χ3v) is 2.67. The van der Waals surface area contributed by atoms with Crippen molar-refractivity contribution in [1.29, 1.82) is 0 Å². The lowest BCUT2D eigenvalue weighted by molar-refractivity contribution is -0.146. The number of carboxylic acid groups (broad SMARTS) is 1. The molecule has 1 aromatic rings. The van der Waals surface area contributed by atoms with Gasteiger partial charge in [0, 0.05) is 5.38 Å². The van der Waals surface area contributed by atoms with Crippen LogP contribution in [0.3, 0.4) is 0 Å². The van der Waals surface area contributed by atoms with Crippen LogP contribution in [0.5, 0.6) is 0 Å². The number of aliphatic carboxylic acids is 1. The Morgan fingerprint density at radius 3 is 2.67 bits per heavy atom. The summed E-state index contributed by atoms with van der Waals surface area (Å²) in [5.41, 5.74) is -0.558. The first kappa shape index (κ1) is 16.4. The van der Waals surface area contributed by atoms with Crippen LogP contribution in [0.25, 0.3) is 0 Å². The first-order valence-corrected chi connectivity index (χ1v) is 6.16. The number of anilines is 1. The van der Waals surface area contributed by atoms with E-state index in [1.165, 1.54) is 12.5 Å². The highest BCUT2D eigenvalue weighted by atomic mass is 32.1. The number of esters is 1.